The van der Waals surface area contributed by atoms with Crippen LogP contribution in [-0.2, 0) is 0 Å². The van der Waals surface area contributed by atoms with Crippen molar-refractivity contribution in [1.82, 2.24) is 4.98 Å². The van der Waals surface area contributed by atoms with E-state index in [2.05, 4.69) is 11.0 Å². The minimum absolute atomic E-state index is 0.732. The van der Waals surface area contributed by atoms with Crippen LogP contribution < -0.4 is 10.6 Å². The van der Waals surface area contributed by atoms with Gasteiger partial charge in [0.2, 0.25) is 0 Å². The molecule has 1 saturated heterocycles. The van der Waals surface area contributed by atoms with Crippen molar-refractivity contribution in [3.05, 3.63) is 18.2 Å². The molecule has 0 radical (unpaired) electrons. The van der Waals surface area contributed by atoms with E-state index in [0.29, 0.717) is 0 Å². The smallest absolute Gasteiger partial charge is 0.186 e. The van der Waals surface area contributed by atoms with Gasteiger partial charge < -0.3 is 10.6 Å². The van der Waals surface area contributed by atoms with Crippen LogP contribution in [0.4, 0.5) is 10.8 Å². The van der Waals surface area contributed by atoms with E-state index in [1.807, 2.05) is 23.5 Å². The molecule has 2 aliphatic rings. The Bertz CT molecular complexity index is 619. The van der Waals surface area contributed by atoms with Crippen LogP contribution in [0.2, 0.25) is 0 Å². The summed E-state index contributed by atoms with van der Waals surface area (Å²) in [6.45, 7) is 1.18. The lowest BCUT2D eigenvalue weighted by Gasteiger charge is -2.44. The molecule has 1 aromatic carbocycles. The highest BCUT2D eigenvalue weighted by molar-refractivity contribution is 7.22. The number of benzene rings is 1. The predicted molar refractivity (Wildman–Crippen MR) is 86.4 cm³/mol. The fraction of sp³-hybridized carbons (Fsp3) is 0.562. The van der Waals surface area contributed by atoms with Gasteiger partial charge in [0.25, 0.3) is 0 Å². The van der Waals surface area contributed by atoms with Gasteiger partial charge in [0.05, 0.1) is 10.2 Å². The first-order valence-electron chi connectivity index (χ1n) is 7.74. The van der Waals surface area contributed by atoms with E-state index in [4.69, 9.17) is 10.7 Å². The lowest BCUT2D eigenvalue weighted by molar-refractivity contribution is 0.244. The minimum atomic E-state index is 0.732. The van der Waals surface area contributed by atoms with Crippen molar-refractivity contribution in [2.45, 2.75) is 44.6 Å². The summed E-state index contributed by atoms with van der Waals surface area (Å²) in [5, 5.41) is 1.21. The van der Waals surface area contributed by atoms with Gasteiger partial charge in [-0.15, -0.1) is 0 Å². The third-order valence-corrected chi connectivity index (χ3v) is 5.95. The first-order chi connectivity index (χ1) is 9.81. The third-order valence-electron chi connectivity index (χ3n) is 4.89. The first-order valence-corrected chi connectivity index (χ1v) is 8.55. The number of fused-ring (bicyclic) bond motifs is 2. The van der Waals surface area contributed by atoms with E-state index >= 15 is 0 Å². The monoisotopic (exact) mass is 287 g/mol. The molecule has 0 spiro atoms. The summed E-state index contributed by atoms with van der Waals surface area (Å²) >= 11 is 1.81. The van der Waals surface area contributed by atoms with Crippen molar-refractivity contribution in [3.63, 3.8) is 0 Å². The van der Waals surface area contributed by atoms with E-state index in [1.54, 1.807) is 0 Å². The number of anilines is 2. The molecule has 0 amide bonds. The highest BCUT2D eigenvalue weighted by atomic mass is 32.1. The van der Waals surface area contributed by atoms with Crippen LogP contribution in [0.1, 0.15) is 38.5 Å². The maximum absolute atomic E-state index is 5.88. The summed E-state index contributed by atoms with van der Waals surface area (Å²) in [6.07, 6.45) is 8.31. The molecule has 2 atom stereocenters. The summed E-state index contributed by atoms with van der Waals surface area (Å²) in [7, 11) is 0. The van der Waals surface area contributed by atoms with E-state index in [9.17, 15) is 0 Å². The minimum Gasteiger partial charge on any atom is -0.399 e. The number of nitrogens with two attached hydrogens (primary N) is 1. The van der Waals surface area contributed by atoms with Crippen molar-refractivity contribution in [3.8, 4) is 0 Å². The van der Waals surface area contributed by atoms with Crippen molar-refractivity contribution in [2.75, 3.05) is 17.2 Å². The summed E-state index contributed by atoms with van der Waals surface area (Å²) in [4.78, 5) is 7.45. The number of nitrogens with zero attached hydrogens (tertiary/aromatic N) is 2. The van der Waals surface area contributed by atoms with E-state index in [-0.39, 0.29) is 0 Å². The molecule has 2 unspecified atom stereocenters. The molecular formula is C16H21N3S. The number of thiazole rings is 1. The summed E-state index contributed by atoms with van der Waals surface area (Å²) in [6, 6.07) is 6.78. The molecule has 20 heavy (non-hydrogen) atoms. The molecule has 0 bridgehead atoms. The Hall–Kier alpha value is -1.29. The second-order valence-electron chi connectivity index (χ2n) is 6.17. The standard InChI is InChI=1S/C16H21N3S/c17-12-7-8-13-15(10-12)20-16(18-13)19-9-3-5-11-4-1-2-6-14(11)19/h7-8,10-11,14H,1-6,9,17H2. The number of aromatic nitrogens is 1. The molecule has 1 aromatic heterocycles. The molecule has 106 valence electrons. The molecule has 1 saturated carbocycles. The van der Waals surface area contributed by atoms with Crippen LogP contribution >= 0.6 is 11.3 Å². The normalized spacial score (nSPS) is 26.7. The molecule has 1 aliphatic heterocycles. The maximum Gasteiger partial charge on any atom is 0.186 e. The molecule has 3 nitrogen and oxygen atoms in total. The Morgan fingerprint density at radius 1 is 1.15 bits per heavy atom. The molecule has 2 N–H and O–H groups in total. The van der Waals surface area contributed by atoms with Crippen LogP contribution in [-0.4, -0.2) is 17.6 Å². The lowest BCUT2D eigenvalue weighted by atomic mass is 9.78. The maximum atomic E-state index is 5.88. The van der Waals surface area contributed by atoms with Crippen molar-refractivity contribution < 1.29 is 0 Å². The SMILES string of the molecule is Nc1ccc2nc(N3CCCC4CCCCC43)sc2c1. The average molecular weight is 287 g/mol. The predicted octanol–water partition coefficient (Wildman–Crippen LogP) is 4.04. The quantitative estimate of drug-likeness (QED) is 0.805. The fourth-order valence-corrected chi connectivity index (χ4v) is 5.01. The topological polar surface area (TPSA) is 42.1 Å². The number of nitrogen functional groups attached to an aromatic ring is 1. The largest absolute Gasteiger partial charge is 0.399 e. The second kappa shape index (κ2) is 4.92. The van der Waals surface area contributed by atoms with Gasteiger partial charge in [0.1, 0.15) is 0 Å². The van der Waals surface area contributed by atoms with Gasteiger partial charge in [0, 0.05) is 18.3 Å². The van der Waals surface area contributed by atoms with Gasteiger partial charge in [0.15, 0.2) is 5.13 Å². The summed E-state index contributed by atoms with van der Waals surface area (Å²) in [5.41, 5.74) is 7.81. The van der Waals surface area contributed by atoms with Crippen LogP contribution in [0.25, 0.3) is 10.2 Å². The van der Waals surface area contributed by atoms with Crippen molar-refractivity contribution in [1.29, 1.82) is 0 Å². The van der Waals surface area contributed by atoms with E-state index < -0.39 is 0 Å². The highest BCUT2D eigenvalue weighted by Gasteiger charge is 2.34. The molecule has 4 rings (SSSR count). The van der Waals surface area contributed by atoms with E-state index in [1.165, 1.54) is 54.9 Å². The number of piperidine rings is 1. The molecule has 2 fully saturated rings. The number of hydrogen-bond acceptors (Lipinski definition) is 4. The van der Waals surface area contributed by atoms with Gasteiger partial charge in [-0.05, 0) is 49.8 Å². The molecule has 2 aromatic rings. The Morgan fingerprint density at radius 3 is 2.95 bits per heavy atom. The Kier molecular flexibility index (Phi) is 3.06. The van der Waals surface area contributed by atoms with Crippen LogP contribution in [0.3, 0.4) is 0 Å². The van der Waals surface area contributed by atoms with Gasteiger partial charge in [-0.3, -0.25) is 0 Å². The Balaban J connectivity index is 1.69. The zero-order chi connectivity index (χ0) is 13.5. The second-order valence-corrected chi connectivity index (χ2v) is 7.18. The van der Waals surface area contributed by atoms with Gasteiger partial charge in [-0.25, -0.2) is 4.98 Å². The Morgan fingerprint density at radius 2 is 2.00 bits per heavy atom. The molecule has 4 heteroatoms. The summed E-state index contributed by atoms with van der Waals surface area (Å²) < 4.78 is 1.22. The number of rotatable bonds is 1. The fourth-order valence-electron chi connectivity index (χ4n) is 3.91. The van der Waals surface area contributed by atoms with Crippen LogP contribution in [0, 0.1) is 5.92 Å². The van der Waals surface area contributed by atoms with Gasteiger partial charge >= 0.3 is 0 Å². The summed E-state index contributed by atoms with van der Waals surface area (Å²) in [5.74, 6) is 0.898. The average Bonchev–Trinajstić information content (AvgIpc) is 2.89. The Labute approximate surface area is 123 Å². The van der Waals surface area contributed by atoms with Crippen LogP contribution in [0.5, 0.6) is 0 Å². The van der Waals surface area contributed by atoms with Crippen molar-refractivity contribution >= 4 is 32.4 Å². The zero-order valence-electron chi connectivity index (χ0n) is 11.7. The lowest BCUT2D eigenvalue weighted by Crippen LogP contribution is -2.46. The molecule has 2 heterocycles. The van der Waals surface area contributed by atoms with Gasteiger partial charge in [-0.1, -0.05) is 24.2 Å². The van der Waals surface area contributed by atoms with Gasteiger partial charge in [-0.2, -0.15) is 0 Å². The zero-order valence-corrected chi connectivity index (χ0v) is 12.5. The highest BCUT2D eigenvalue weighted by Crippen LogP contribution is 2.40. The first kappa shape index (κ1) is 12.5. The molecule has 1 aliphatic carbocycles. The third kappa shape index (κ3) is 2.06. The van der Waals surface area contributed by atoms with Crippen LogP contribution in [0.15, 0.2) is 18.2 Å². The van der Waals surface area contributed by atoms with Crippen molar-refractivity contribution in [2.24, 2.45) is 5.92 Å². The number of hydrogen-bond donors (Lipinski definition) is 1. The molecular weight excluding hydrogens is 266 g/mol. The van der Waals surface area contributed by atoms with E-state index in [0.717, 1.165) is 23.2 Å².